The van der Waals surface area contributed by atoms with Gasteiger partial charge in [-0.05, 0) is 31.0 Å². The van der Waals surface area contributed by atoms with E-state index in [0.29, 0.717) is 28.9 Å². The fraction of sp³-hybridized carbons (Fsp3) is 0.300. The molecule has 0 radical (unpaired) electrons. The molecule has 164 valence electrons. The van der Waals surface area contributed by atoms with E-state index in [9.17, 15) is 13.2 Å². The van der Waals surface area contributed by atoms with Crippen LogP contribution >= 0.6 is 11.6 Å². The lowest BCUT2D eigenvalue weighted by Crippen LogP contribution is -2.44. The highest BCUT2D eigenvalue weighted by atomic mass is 35.5. The van der Waals surface area contributed by atoms with Crippen LogP contribution in [0.3, 0.4) is 0 Å². The van der Waals surface area contributed by atoms with Crippen LogP contribution in [0.15, 0.2) is 36.7 Å². The second-order valence-electron chi connectivity index (χ2n) is 7.48. The van der Waals surface area contributed by atoms with Crippen LogP contribution in [0.1, 0.15) is 28.8 Å². The van der Waals surface area contributed by atoms with Gasteiger partial charge >= 0.3 is 10.2 Å². The number of hydrogen-bond acceptors (Lipinski definition) is 5. The normalized spacial score (nSPS) is 15.4. The molecule has 0 saturated heterocycles. The number of nitrogens with zero attached hydrogens (tertiary/aromatic N) is 2. The van der Waals surface area contributed by atoms with E-state index in [1.807, 2.05) is 0 Å². The number of hydrogen-bond donors (Lipinski definition) is 2. The average Bonchev–Trinajstić information content (AvgIpc) is 3.39. The molecule has 1 aliphatic carbocycles. The number of ketones is 1. The lowest BCUT2D eigenvalue weighted by molar-refractivity contribution is 0.103. The number of halogens is 2. The van der Waals surface area contributed by atoms with Crippen LogP contribution in [0.5, 0.6) is 0 Å². The number of aromatic nitrogens is 2. The van der Waals surface area contributed by atoms with E-state index in [2.05, 4.69) is 14.7 Å². The molecule has 8 nitrogen and oxygen atoms in total. The van der Waals surface area contributed by atoms with Crippen LogP contribution in [0, 0.1) is 5.82 Å². The van der Waals surface area contributed by atoms with Gasteiger partial charge in [-0.3, -0.25) is 9.52 Å². The lowest BCUT2D eigenvalue weighted by Gasteiger charge is -2.27. The smallest absolute Gasteiger partial charge is 0.302 e. The summed E-state index contributed by atoms with van der Waals surface area (Å²) in [5.41, 5.74) is -0.623. The van der Waals surface area contributed by atoms with Gasteiger partial charge in [0.05, 0.1) is 28.4 Å². The fourth-order valence-electron chi connectivity index (χ4n) is 3.52. The van der Waals surface area contributed by atoms with Crippen LogP contribution in [0.25, 0.3) is 11.0 Å². The van der Waals surface area contributed by atoms with Gasteiger partial charge in [0, 0.05) is 37.5 Å². The Morgan fingerprint density at radius 3 is 2.81 bits per heavy atom. The Hall–Kier alpha value is -2.53. The molecule has 3 aromatic rings. The van der Waals surface area contributed by atoms with E-state index in [4.69, 9.17) is 16.3 Å². The number of carbonyl (C=O) groups is 1. The van der Waals surface area contributed by atoms with E-state index >= 15 is 4.39 Å². The summed E-state index contributed by atoms with van der Waals surface area (Å²) in [6.07, 6.45) is 4.15. The number of anilines is 1. The minimum absolute atomic E-state index is 0.179. The summed E-state index contributed by atoms with van der Waals surface area (Å²) in [6.45, 7) is 0.239. The Morgan fingerprint density at radius 1 is 1.39 bits per heavy atom. The highest BCUT2D eigenvalue weighted by Crippen LogP contribution is 2.42. The van der Waals surface area contributed by atoms with Crippen molar-refractivity contribution in [1.29, 1.82) is 0 Å². The lowest BCUT2D eigenvalue weighted by atomic mass is 10.0. The zero-order valence-electron chi connectivity index (χ0n) is 16.8. The van der Waals surface area contributed by atoms with Crippen molar-refractivity contribution < 1.29 is 22.3 Å². The minimum atomic E-state index is -4.07. The Kier molecular flexibility index (Phi) is 5.50. The molecule has 0 atom stereocenters. The van der Waals surface area contributed by atoms with E-state index in [1.165, 1.54) is 44.8 Å². The van der Waals surface area contributed by atoms with Gasteiger partial charge in [-0.2, -0.15) is 12.7 Å². The molecule has 0 aliphatic heterocycles. The van der Waals surface area contributed by atoms with Crippen LogP contribution < -0.4 is 4.72 Å². The van der Waals surface area contributed by atoms with Crippen molar-refractivity contribution in [3.63, 3.8) is 0 Å². The molecule has 31 heavy (non-hydrogen) atoms. The highest BCUT2D eigenvalue weighted by molar-refractivity contribution is 7.90. The number of rotatable bonds is 8. The molecule has 1 aliphatic rings. The van der Waals surface area contributed by atoms with Gasteiger partial charge in [0.1, 0.15) is 5.65 Å². The standard InChI is InChI=1S/C20H20ClFN4O4S/c1-26(20(6-7-20)11-30-2)31(28,29)25-16-5-3-4-13(17(16)22)18(27)15-10-24-19-14(15)8-12(21)9-23-19/h3-5,8-10,25H,6-7,11H2,1-2H3,(H,23,24). The number of ether oxygens (including phenoxy) is 1. The van der Waals surface area contributed by atoms with Crippen molar-refractivity contribution in [2.75, 3.05) is 25.5 Å². The first-order chi connectivity index (χ1) is 14.7. The molecule has 1 aromatic carbocycles. The molecular weight excluding hydrogens is 447 g/mol. The molecule has 2 heterocycles. The van der Waals surface area contributed by atoms with Gasteiger partial charge in [0.25, 0.3) is 0 Å². The predicted molar refractivity (Wildman–Crippen MR) is 115 cm³/mol. The van der Waals surface area contributed by atoms with Crippen molar-refractivity contribution in [3.05, 3.63) is 58.6 Å². The first-order valence-corrected chi connectivity index (χ1v) is 11.2. The predicted octanol–water partition coefficient (Wildman–Crippen LogP) is 3.35. The van der Waals surface area contributed by atoms with E-state index in [0.717, 1.165) is 4.31 Å². The van der Waals surface area contributed by atoms with Crippen molar-refractivity contribution in [2.45, 2.75) is 18.4 Å². The molecule has 0 amide bonds. The summed E-state index contributed by atoms with van der Waals surface area (Å²) < 4.78 is 49.4. The Balaban J connectivity index is 1.65. The summed E-state index contributed by atoms with van der Waals surface area (Å²) in [7, 11) is -1.15. The summed E-state index contributed by atoms with van der Waals surface area (Å²) in [6, 6.07) is 5.53. The molecule has 1 fully saturated rings. The van der Waals surface area contributed by atoms with Crippen molar-refractivity contribution in [3.8, 4) is 0 Å². The second-order valence-corrected chi connectivity index (χ2v) is 9.62. The third kappa shape index (κ3) is 3.91. The zero-order chi connectivity index (χ0) is 22.4. The maximum atomic E-state index is 15.2. The molecule has 1 saturated carbocycles. The van der Waals surface area contributed by atoms with Crippen molar-refractivity contribution in [1.82, 2.24) is 14.3 Å². The topological polar surface area (TPSA) is 104 Å². The van der Waals surface area contributed by atoms with Crippen LogP contribution in [0.4, 0.5) is 10.1 Å². The maximum Gasteiger partial charge on any atom is 0.302 e. The average molecular weight is 467 g/mol. The monoisotopic (exact) mass is 466 g/mol. The number of nitrogens with one attached hydrogen (secondary N) is 2. The largest absolute Gasteiger partial charge is 0.383 e. The zero-order valence-corrected chi connectivity index (χ0v) is 18.3. The number of aromatic amines is 1. The number of carbonyl (C=O) groups excluding carboxylic acids is 1. The Morgan fingerprint density at radius 2 is 2.13 bits per heavy atom. The molecule has 0 bridgehead atoms. The van der Waals surface area contributed by atoms with E-state index < -0.39 is 27.3 Å². The molecule has 2 aromatic heterocycles. The number of methoxy groups -OCH3 is 1. The number of benzene rings is 1. The quantitative estimate of drug-likeness (QED) is 0.495. The SMILES string of the molecule is COCC1(N(C)S(=O)(=O)Nc2cccc(C(=O)c3c[nH]c4ncc(Cl)cc34)c2F)CC1. The third-order valence-electron chi connectivity index (χ3n) is 5.49. The van der Waals surface area contributed by atoms with Crippen molar-refractivity contribution >= 4 is 44.3 Å². The number of likely N-dealkylation sites (N-methyl/N-ethyl adjacent to an activating group) is 1. The van der Waals surface area contributed by atoms with Gasteiger partial charge in [0.2, 0.25) is 0 Å². The molecule has 0 spiro atoms. The molecule has 11 heteroatoms. The summed E-state index contributed by atoms with van der Waals surface area (Å²) in [5, 5.41) is 0.772. The summed E-state index contributed by atoms with van der Waals surface area (Å²) in [4.78, 5) is 20.0. The van der Waals surface area contributed by atoms with E-state index in [1.54, 1.807) is 6.07 Å². The number of H-pyrrole nitrogens is 1. The summed E-state index contributed by atoms with van der Waals surface area (Å²) in [5.74, 6) is -1.59. The third-order valence-corrected chi connectivity index (χ3v) is 7.29. The number of fused-ring (bicyclic) bond motifs is 1. The van der Waals surface area contributed by atoms with Crippen molar-refractivity contribution in [2.24, 2.45) is 0 Å². The van der Waals surface area contributed by atoms with Gasteiger partial charge in [-0.25, -0.2) is 9.37 Å². The highest BCUT2D eigenvalue weighted by Gasteiger charge is 2.51. The van der Waals surface area contributed by atoms with Gasteiger partial charge in [-0.1, -0.05) is 17.7 Å². The van der Waals surface area contributed by atoms with Gasteiger partial charge in [0.15, 0.2) is 11.6 Å². The molecular formula is C20H20ClFN4O4S. The van der Waals surface area contributed by atoms with Crippen LogP contribution in [0.2, 0.25) is 5.02 Å². The Bertz CT molecular complexity index is 1270. The number of pyridine rings is 1. The Labute approximate surface area is 183 Å². The second kappa shape index (κ2) is 7.86. The molecule has 0 unspecified atom stereocenters. The molecule has 4 rings (SSSR count). The first kappa shape index (κ1) is 21.7. The summed E-state index contributed by atoms with van der Waals surface area (Å²) >= 11 is 5.97. The van der Waals surface area contributed by atoms with E-state index in [-0.39, 0.29) is 23.4 Å². The first-order valence-electron chi connectivity index (χ1n) is 9.40. The van der Waals surface area contributed by atoms with Gasteiger partial charge < -0.3 is 9.72 Å². The van der Waals surface area contributed by atoms with Crippen LogP contribution in [-0.2, 0) is 14.9 Å². The molecule has 2 N–H and O–H groups in total. The maximum absolute atomic E-state index is 15.2. The fourth-order valence-corrected chi connectivity index (χ4v) is 5.00. The van der Waals surface area contributed by atoms with Crippen LogP contribution in [-0.4, -0.2) is 54.8 Å². The minimum Gasteiger partial charge on any atom is -0.383 e. The van der Waals surface area contributed by atoms with Gasteiger partial charge in [-0.15, -0.1) is 0 Å².